The number of carbonyl (C=O) groups excluding carboxylic acids is 2. The molecule has 0 amide bonds. The lowest BCUT2D eigenvalue weighted by molar-refractivity contribution is -0.152. The Kier molecular flexibility index (Phi) is 27.3. The topological polar surface area (TPSA) is 150 Å². The molecule has 12 nitrogen and oxygen atoms in total. The van der Waals surface area contributed by atoms with Gasteiger partial charge in [0.05, 0.1) is 41.1 Å². The van der Waals surface area contributed by atoms with Gasteiger partial charge in [0.15, 0.2) is 11.6 Å². The molecule has 12 heteroatoms. The molecule has 3 aromatic carbocycles. The zero-order chi connectivity index (χ0) is 59.3. The van der Waals surface area contributed by atoms with E-state index in [2.05, 4.69) is 57.7 Å². The van der Waals surface area contributed by atoms with E-state index in [0.717, 1.165) is 28.7 Å². The lowest BCUT2D eigenvalue weighted by Crippen LogP contribution is -2.37. The highest BCUT2D eigenvalue weighted by atomic mass is 16.8. The Hall–Kier alpha value is -5.21. The summed E-state index contributed by atoms with van der Waals surface area (Å²) in [5.74, 6) is -3.12. The van der Waals surface area contributed by atoms with Crippen LogP contribution in [0, 0.1) is 45.4 Å². The number of aliphatic hydroxyl groups is 1. The summed E-state index contributed by atoms with van der Waals surface area (Å²) in [6, 6.07) is 16.5. The molecule has 3 aliphatic rings. The Bertz CT molecular complexity index is 2520. The molecule has 0 radical (unpaired) electrons. The average Bonchev–Trinajstić information content (AvgIpc) is 3.89. The van der Waals surface area contributed by atoms with Crippen LogP contribution in [-0.2, 0) is 28.4 Å². The minimum absolute atomic E-state index is 0.0161. The second-order valence-electron chi connectivity index (χ2n) is 23.3. The number of carboxylic acid groups (broad SMARTS) is 1. The van der Waals surface area contributed by atoms with Crippen molar-refractivity contribution in [3.05, 3.63) is 141 Å². The van der Waals surface area contributed by atoms with E-state index in [1.807, 2.05) is 97.0 Å². The number of hydrogen-bond acceptors (Lipinski definition) is 11. The second-order valence-corrected chi connectivity index (χ2v) is 23.3. The van der Waals surface area contributed by atoms with Crippen molar-refractivity contribution in [2.75, 3.05) is 19.6 Å². The third kappa shape index (κ3) is 21.3. The number of nitrogens with zero attached hydrogens (tertiary/aromatic N) is 1. The van der Waals surface area contributed by atoms with Crippen LogP contribution in [0.4, 0.5) is 0 Å². The number of cyclic esters (lactones) is 1. The minimum Gasteiger partial charge on any atom is -0.478 e. The first-order valence-corrected chi connectivity index (χ1v) is 29.5. The van der Waals surface area contributed by atoms with Crippen molar-refractivity contribution in [2.24, 2.45) is 17.8 Å². The first-order chi connectivity index (χ1) is 37.8. The maximum atomic E-state index is 13.0. The molecule has 442 valence electrons. The first kappa shape index (κ1) is 67.3. The summed E-state index contributed by atoms with van der Waals surface area (Å²) in [5.41, 5.74) is 6.55. The molecular formula is C68H99NO11. The summed E-state index contributed by atoms with van der Waals surface area (Å²) < 4.78 is 36.5. The number of esters is 2. The van der Waals surface area contributed by atoms with Crippen molar-refractivity contribution in [2.45, 2.75) is 216 Å². The molecule has 6 rings (SSSR count). The van der Waals surface area contributed by atoms with Crippen molar-refractivity contribution < 1.29 is 53.0 Å². The highest BCUT2D eigenvalue weighted by molar-refractivity contribution is 5.96. The minimum atomic E-state index is -0.980. The summed E-state index contributed by atoms with van der Waals surface area (Å²) in [7, 11) is 0. The van der Waals surface area contributed by atoms with Gasteiger partial charge in [-0.2, -0.15) is 0 Å². The van der Waals surface area contributed by atoms with Gasteiger partial charge in [-0.15, -0.1) is 0 Å². The summed E-state index contributed by atoms with van der Waals surface area (Å²) in [6.45, 7) is 35.8. The van der Waals surface area contributed by atoms with E-state index in [-0.39, 0.29) is 47.6 Å². The third-order valence-electron chi connectivity index (χ3n) is 14.9. The molecule has 2 saturated heterocycles. The Balaban J connectivity index is 0.000000289. The van der Waals surface area contributed by atoms with E-state index in [4.69, 9.17) is 28.4 Å². The molecule has 0 aliphatic carbocycles. The van der Waals surface area contributed by atoms with Crippen LogP contribution in [0.1, 0.15) is 199 Å². The Morgan fingerprint density at radius 2 is 1.36 bits per heavy atom. The predicted octanol–water partition coefficient (Wildman–Crippen LogP) is 15.0. The first-order valence-electron chi connectivity index (χ1n) is 29.5. The van der Waals surface area contributed by atoms with Crippen LogP contribution in [-0.4, -0.2) is 107 Å². The number of unbranched alkanes of at least 4 members (excludes halogenated alkanes) is 3. The van der Waals surface area contributed by atoms with E-state index in [1.165, 1.54) is 58.2 Å². The van der Waals surface area contributed by atoms with Crippen LogP contribution in [0.15, 0.2) is 91.1 Å². The van der Waals surface area contributed by atoms with E-state index < -0.39 is 47.9 Å². The molecule has 0 spiro atoms. The maximum absolute atomic E-state index is 13.0. The standard InChI is InChI=1S/C31H38O7.C25H34O4.C12H27N/c1-19-17-21(3)27(29(33)34)24(18-19)13-10-14-26-28(38-31(5,6)37-26)25(16-15-20(2)22(4)32)36-30(35)23-11-8-7-9-12-23;1-15-13-18(4)22-20(14-15)9-8-10-21-23(29-25(6,7)28-21)17(3)12-11-16(2)19(5)27-24(22)26;1-4-7-10-13(11-8-5-2)12-9-6-3/h7-13,15-18,20,22,25-26,28,32H,14H2,1-6H3,(H,33,34);8-9,11-14,16-17,19,21,23H,10H2,1-7H3;4-12H2,1-3H3/b13-10+,16-15-;9-8+,12-11-;/t20-,22-,25?,26-,28+;16?,17?,19?,21-,23?;/m00./s1. The molecule has 3 heterocycles. The Morgan fingerprint density at radius 1 is 0.775 bits per heavy atom. The Labute approximate surface area is 481 Å². The zero-order valence-electron chi connectivity index (χ0n) is 51.4. The number of ether oxygens (including phenoxy) is 6. The number of rotatable bonds is 19. The number of fused-ring (bicyclic) bond motifs is 2. The molecular weight excluding hydrogens is 1010 g/mol. The number of aromatic carboxylic acids is 1. The summed E-state index contributed by atoms with van der Waals surface area (Å²) in [4.78, 5) is 40.4. The fraction of sp³-hybridized carbons (Fsp3) is 0.574. The van der Waals surface area contributed by atoms with Gasteiger partial charge in [0, 0.05) is 11.8 Å². The summed E-state index contributed by atoms with van der Waals surface area (Å²) in [5, 5.41) is 19.7. The lowest BCUT2D eigenvalue weighted by Gasteiger charge is -2.25. The van der Waals surface area contributed by atoms with E-state index in [0.29, 0.717) is 28.7 Å². The van der Waals surface area contributed by atoms with Crippen LogP contribution in [0.5, 0.6) is 0 Å². The van der Waals surface area contributed by atoms with Gasteiger partial charge < -0.3 is 43.5 Å². The number of aliphatic hydroxyl groups excluding tert-OH is 1. The fourth-order valence-electron chi connectivity index (χ4n) is 10.2. The van der Waals surface area contributed by atoms with Gasteiger partial charge in [-0.3, -0.25) is 0 Å². The van der Waals surface area contributed by atoms with Crippen molar-refractivity contribution in [3.63, 3.8) is 0 Å². The number of benzene rings is 3. The van der Waals surface area contributed by atoms with Crippen molar-refractivity contribution in [1.29, 1.82) is 0 Å². The monoisotopic (exact) mass is 1110 g/mol. The normalized spacial score (nSPS) is 24.5. The van der Waals surface area contributed by atoms with Crippen molar-refractivity contribution in [1.82, 2.24) is 4.90 Å². The smallest absolute Gasteiger partial charge is 0.339 e. The molecule has 3 aliphatic heterocycles. The van der Waals surface area contributed by atoms with Crippen molar-refractivity contribution in [3.8, 4) is 0 Å². The Morgan fingerprint density at radius 3 is 1.96 bits per heavy atom. The highest BCUT2D eigenvalue weighted by Crippen LogP contribution is 2.37. The summed E-state index contributed by atoms with van der Waals surface area (Å²) >= 11 is 0. The van der Waals surface area contributed by atoms with Gasteiger partial charge in [0.25, 0.3) is 0 Å². The molecule has 3 aromatic rings. The van der Waals surface area contributed by atoms with Gasteiger partial charge in [-0.25, -0.2) is 14.4 Å². The lowest BCUT2D eigenvalue weighted by atomic mass is 9.93. The highest BCUT2D eigenvalue weighted by Gasteiger charge is 2.46. The van der Waals surface area contributed by atoms with E-state index in [1.54, 1.807) is 64.1 Å². The number of carbonyl (C=O) groups is 3. The van der Waals surface area contributed by atoms with Crippen LogP contribution in [0.3, 0.4) is 0 Å². The molecule has 0 saturated carbocycles. The van der Waals surface area contributed by atoms with E-state index in [9.17, 15) is 24.6 Å². The van der Waals surface area contributed by atoms with Crippen LogP contribution < -0.4 is 0 Å². The molecule has 10 atom stereocenters. The zero-order valence-corrected chi connectivity index (χ0v) is 51.4. The molecule has 2 fully saturated rings. The quantitative estimate of drug-likeness (QED) is 0.0869. The number of carboxylic acids is 1. The molecule has 80 heavy (non-hydrogen) atoms. The second kappa shape index (κ2) is 32.4. The van der Waals surface area contributed by atoms with Crippen molar-refractivity contribution >= 4 is 30.1 Å². The SMILES string of the molecule is CCCCN(CCCC)CCCC.Cc1cc(C)c(C(=O)O)c(/C=C/C[C@@H]2OC(C)(C)O[C@@H]2C(/C=C\[C@H](C)[C@H](C)O)OC(=O)c2ccccc2)c1.Cc1cc(C)c2c(c1)/C=C/C[C@@H]1OC(C)(C)OC1C(C)/C=C\C(C)C(C)OC2=O. The summed E-state index contributed by atoms with van der Waals surface area (Å²) in [6.07, 6.45) is 22.1. The van der Waals surface area contributed by atoms with Gasteiger partial charge >= 0.3 is 17.9 Å². The van der Waals surface area contributed by atoms with E-state index >= 15 is 0 Å². The molecule has 5 unspecified atom stereocenters. The molecule has 0 bridgehead atoms. The maximum Gasteiger partial charge on any atom is 0.339 e. The van der Waals surface area contributed by atoms with Crippen LogP contribution >= 0.6 is 0 Å². The average molecular weight is 1110 g/mol. The number of hydrogen-bond donors (Lipinski definition) is 2. The van der Waals surface area contributed by atoms with Gasteiger partial charge in [-0.1, -0.05) is 157 Å². The van der Waals surface area contributed by atoms with Gasteiger partial charge in [0.2, 0.25) is 0 Å². The molecule has 0 aromatic heterocycles. The van der Waals surface area contributed by atoms with Crippen LogP contribution in [0.2, 0.25) is 0 Å². The van der Waals surface area contributed by atoms with Gasteiger partial charge in [0.1, 0.15) is 18.3 Å². The largest absolute Gasteiger partial charge is 0.478 e. The van der Waals surface area contributed by atoms with Crippen LogP contribution in [0.25, 0.3) is 12.2 Å². The number of aryl methyl sites for hydroxylation is 4. The predicted molar refractivity (Wildman–Crippen MR) is 323 cm³/mol. The molecule has 2 N–H and O–H groups in total. The fourth-order valence-corrected chi connectivity index (χ4v) is 10.2. The third-order valence-corrected chi connectivity index (χ3v) is 14.9. The van der Waals surface area contributed by atoms with Gasteiger partial charge in [-0.05, 0) is 167 Å².